The maximum absolute atomic E-state index is 13.1. The van der Waals surface area contributed by atoms with E-state index in [0.717, 1.165) is 55.0 Å². The number of para-hydroxylation sites is 1. The first-order valence-electron chi connectivity index (χ1n) is 9.74. The molecule has 1 atom stereocenters. The number of likely N-dealkylation sites (N-methyl/N-ethyl adjacent to an activating group) is 1. The molecule has 1 aromatic carbocycles. The smallest absolute Gasteiger partial charge is 0.410 e. The van der Waals surface area contributed by atoms with Crippen LogP contribution >= 0.6 is 0 Å². The lowest BCUT2D eigenvalue weighted by Gasteiger charge is -2.37. The van der Waals surface area contributed by atoms with Crippen LogP contribution in [0.5, 0.6) is 5.75 Å². The first kappa shape index (κ1) is 17.9. The molecule has 1 aromatic heterocycles. The standard InChI is InChI=1S/C20H27N5O2/c1-3-6-14-7-4-5-8-17(14)27-20(26)25-11-9-15-18-16(25)13-21-10-12-24(2)19(18)23-22-15/h4-5,7-8,16,21H,3,6,9-13H2,1-2H3,(H,22,23). The van der Waals surface area contributed by atoms with Crippen LogP contribution in [0.2, 0.25) is 0 Å². The van der Waals surface area contributed by atoms with E-state index in [1.54, 1.807) is 0 Å². The van der Waals surface area contributed by atoms with Crippen LogP contribution in [0.1, 0.15) is 36.2 Å². The lowest BCUT2D eigenvalue weighted by molar-refractivity contribution is 0.125. The average Bonchev–Trinajstić information content (AvgIpc) is 3.09. The molecule has 2 aromatic rings. The number of hydrogen-bond acceptors (Lipinski definition) is 5. The van der Waals surface area contributed by atoms with E-state index >= 15 is 0 Å². The van der Waals surface area contributed by atoms with Gasteiger partial charge in [-0.05, 0) is 18.1 Å². The number of aromatic nitrogens is 2. The number of nitrogens with zero attached hydrogens (tertiary/aromatic N) is 3. The Morgan fingerprint density at radius 2 is 2.19 bits per heavy atom. The number of ether oxygens (including phenoxy) is 1. The third kappa shape index (κ3) is 3.39. The molecule has 144 valence electrons. The Kier molecular flexibility index (Phi) is 5.03. The normalized spacial score (nSPS) is 19.3. The summed E-state index contributed by atoms with van der Waals surface area (Å²) in [6.07, 6.45) is 2.39. The largest absolute Gasteiger partial charge is 0.415 e. The van der Waals surface area contributed by atoms with Crippen LogP contribution < -0.4 is 15.0 Å². The Morgan fingerprint density at radius 1 is 1.33 bits per heavy atom. The SMILES string of the molecule is CCCc1ccccc1OC(=O)N1CCc2[nH]nc3c2C1CNCCN3C. The number of carbonyl (C=O) groups excluding carboxylic acids is 1. The van der Waals surface area contributed by atoms with Crippen LogP contribution in [-0.4, -0.2) is 54.4 Å². The fourth-order valence-electron chi connectivity index (χ4n) is 4.01. The number of hydrogen-bond donors (Lipinski definition) is 2. The predicted molar refractivity (Wildman–Crippen MR) is 104 cm³/mol. The monoisotopic (exact) mass is 369 g/mol. The molecule has 7 heteroatoms. The van der Waals surface area contributed by atoms with E-state index in [4.69, 9.17) is 4.74 Å². The van der Waals surface area contributed by atoms with Crippen molar-refractivity contribution in [3.63, 3.8) is 0 Å². The third-order valence-electron chi connectivity index (χ3n) is 5.42. The summed E-state index contributed by atoms with van der Waals surface area (Å²) in [6.45, 7) is 5.20. The van der Waals surface area contributed by atoms with Crippen LogP contribution in [0.4, 0.5) is 10.6 Å². The second-order valence-electron chi connectivity index (χ2n) is 7.25. The molecular weight excluding hydrogens is 342 g/mol. The minimum atomic E-state index is -0.286. The number of benzene rings is 1. The Morgan fingerprint density at radius 3 is 3.04 bits per heavy atom. The summed E-state index contributed by atoms with van der Waals surface area (Å²) in [5, 5.41) is 11.1. The molecule has 3 heterocycles. The average molecular weight is 369 g/mol. The number of aromatic amines is 1. The molecule has 2 aliphatic rings. The van der Waals surface area contributed by atoms with Crippen molar-refractivity contribution >= 4 is 11.9 Å². The van der Waals surface area contributed by atoms with E-state index in [2.05, 4.69) is 27.3 Å². The predicted octanol–water partition coefficient (Wildman–Crippen LogP) is 2.50. The van der Waals surface area contributed by atoms with Crippen molar-refractivity contribution in [1.82, 2.24) is 20.4 Å². The van der Waals surface area contributed by atoms with Gasteiger partial charge in [0.15, 0.2) is 5.82 Å². The summed E-state index contributed by atoms with van der Waals surface area (Å²) >= 11 is 0. The number of H-pyrrole nitrogens is 1. The van der Waals surface area contributed by atoms with Crippen molar-refractivity contribution in [3.8, 4) is 5.75 Å². The van der Waals surface area contributed by atoms with Gasteiger partial charge in [-0.3, -0.25) is 10.00 Å². The minimum Gasteiger partial charge on any atom is -0.410 e. The van der Waals surface area contributed by atoms with E-state index in [9.17, 15) is 4.79 Å². The summed E-state index contributed by atoms with van der Waals surface area (Å²) in [6, 6.07) is 7.74. The maximum Gasteiger partial charge on any atom is 0.415 e. The summed E-state index contributed by atoms with van der Waals surface area (Å²) in [5.41, 5.74) is 3.32. The highest BCUT2D eigenvalue weighted by molar-refractivity contribution is 5.73. The van der Waals surface area contributed by atoms with Gasteiger partial charge < -0.3 is 15.0 Å². The molecule has 0 bridgehead atoms. The minimum absolute atomic E-state index is 0.0731. The molecule has 0 saturated carbocycles. The van der Waals surface area contributed by atoms with Crippen LogP contribution in [0.25, 0.3) is 0 Å². The van der Waals surface area contributed by atoms with E-state index in [0.29, 0.717) is 18.8 Å². The van der Waals surface area contributed by atoms with Gasteiger partial charge in [0.05, 0.1) is 6.04 Å². The molecule has 27 heavy (non-hydrogen) atoms. The molecule has 0 saturated heterocycles. The Hall–Kier alpha value is -2.54. The number of carbonyl (C=O) groups is 1. The van der Waals surface area contributed by atoms with Crippen LogP contribution in [0.3, 0.4) is 0 Å². The van der Waals surface area contributed by atoms with E-state index < -0.39 is 0 Å². The van der Waals surface area contributed by atoms with Gasteiger partial charge >= 0.3 is 6.09 Å². The van der Waals surface area contributed by atoms with E-state index in [1.807, 2.05) is 36.2 Å². The molecule has 1 amide bonds. The van der Waals surface area contributed by atoms with Crippen molar-refractivity contribution in [2.24, 2.45) is 0 Å². The van der Waals surface area contributed by atoms with Gasteiger partial charge in [0.2, 0.25) is 0 Å². The van der Waals surface area contributed by atoms with Crippen molar-refractivity contribution in [1.29, 1.82) is 0 Å². The van der Waals surface area contributed by atoms with Gasteiger partial charge in [0.1, 0.15) is 5.75 Å². The molecule has 7 nitrogen and oxygen atoms in total. The molecular formula is C20H27N5O2. The van der Waals surface area contributed by atoms with Crippen molar-refractivity contribution in [2.75, 3.05) is 38.1 Å². The topological polar surface area (TPSA) is 73.5 Å². The third-order valence-corrected chi connectivity index (χ3v) is 5.42. The first-order valence-corrected chi connectivity index (χ1v) is 9.74. The second-order valence-corrected chi connectivity index (χ2v) is 7.25. The molecule has 1 unspecified atom stereocenters. The van der Waals surface area contributed by atoms with Gasteiger partial charge in [-0.15, -0.1) is 0 Å². The molecule has 0 fully saturated rings. The van der Waals surface area contributed by atoms with Crippen LogP contribution in [0.15, 0.2) is 24.3 Å². The fourth-order valence-corrected chi connectivity index (χ4v) is 4.01. The molecule has 0 radical (unpaired) electrons. The summed E-state index contributed by atoms with van der Waals surface area (Å²) in [4.78, 5) is 17.1. The van der Waals surface area contributed by atoms with Gasteiger partial charge in [-0.1, -0.05) is 31.5 Å². The fraction of sp³-hybridized carbons (Fsp3) is 0.500. The number of anilines is 1. The van der Waals surface area contributed by atoms with Crippen LogP contribution in [-0.2, 0) is 12.8 Å². The van der Waals surface area contributed by atoms with Gasteiger partial charge in [0, 0.05) is 50.9 Å². The molecule has 4 rings (SSSR count). The van der Waals surface area contributed by atoms with Crippen molar-refractivity contribution in [2.45, 2.75) is 32.2 Å². The summed E-state index contributed by atoms with van der Waals surface area (Å²) in [7, 11) is 2.04. The van der Waals surface area contributed by atoms with Crippen LogP contribution in [0, 0.1) is 0 Å². The second kappa shape index (κ2) is 7.60. The van der Waals surface area contributed by atoms with Gasteiger partial charge in [-0.25, -0.2) is 4.79 Å². The number of rotatable bonds is 3. The number of aryl methyl sites for hydroxylation is 1. The lowest BCUT2D eigenvalue weighted by Crippen LogP contribution is -2.47. The van der Waals surface area contributed by atoms with Gasteiger partial charge in [-0.2, -0.15) is 5.10 Å². The Bertz CT molecular complexity index is 818. The molecule has 2 N–H and O–H groups in total. The zero-order chi connectivity index (χ0) is 18.8. The highest BCUT2D eigenvalue weighted by Gasteiger charge is 2.37. The zero-order valence-corrected chi connectivity index (χ0v) is 16.0. The lowest BCUT2D eigenvalue weighted by atomic mass is 9.97. The molecule has 2 aliphatic heterocycles. The van der Waals surface area contributed by atoms with Crippen molar-refractivity contribution < 1.29 is 9.53 Å². The number of nitrogens with one attached hydrogen (secondary N) is 2. The zero-order valence-electron chi connectivity index (χ0n) is 16.0. The highest BCUT2D eigenvalue weighted by Crippen LogP contribution is 2.36. The molecule has 0 spiro atoms. The first-order chi connectivity index (χ1) is 13.2. The van der Waals surface area contributed by atoms with E-state index in [-0.39, 0.29) is 12.1 Å². The summed E-state index contributed by atoms with van der Waals surface area (Å²) < 4.78 is 5.84. The Labute approximate surface area is 159 Å². The van der Waals surface area contributed by atoms with E-state index in [1.165, 1.54) is 0 Å². The Balaban J connectivity index is 1.60. The summed E-state index contributed by atoms with van der Waals surface area (Å²) in [5.74, 6) is 1.61. The van der Waals surface area contributed by atoms with Crippen molar-refractivity contribution in [3.05, 3.63) is 41.1 Å². The number of amides is 1. The quantitative estimate of drug-likeness (QED) is 0.870. The molecule has 0 aliphatic carbocycles. The maximum atomic E-state index is 13.1. The van der Waals surface area contributed by atoms with Gasteiger partial charge in [0.25, 0.3) is 0 Å². The highest BCUT2D eigenvalue weighted by atomic mass is 16.6.